The molecule has 1 aliphatic heterocycles. The number of benzene rings is 1. The third kappa shape index (κ3) is 5.62. The first kappa shape index (κ1) is 25.6. The standard InChI is InChI=1S/C25H28F2N8O3/c1-15-20(35(33-30-15)17-7-5-16(6-8-17)24(26)27)14-38-23-10-9-22(31-32-23)34-12-11-28-19(13-34)25(37)29-18-3-2-4-21(18)36/h5-10,18-19,24,28H,2-4,11-14H2,1H3,(H,29,37)/t18-,19?/m0/s1. The Balaban J connectivity index is 1.19. The highest BCUT2D eigenvalue weighted by molar-refractivity contribution is 5.92. The van der Waals surface area contributed by atoms with Gasteiger partial charge in [0.2, 0.25) is 11.8 Å². The van der Waals surface area contributed by atoms with Gasteiger partial charge in [-0.15, -0.1) is 15.3 Å². The van der Waals surface area contributed by atoms with Crippen LogP contribution in [0.25, 0.3) is 5.69 Å². The second kappa shape index (κ2) is 11.2. The topological polar surface area (TPSA) is 127 Å². The predicted octanol–water partition coefficient (Wildman–Crippen LogP) is 1.90. The lowest BCUT2D eigenvalue weighted by Gasteiger charge is -2.33. The summed E-state index contributed by atoms with van der Waals surface area (Å²) in [4.78, 5) is 26.5. The van der Waals surface area contributed by atoms with Crippen molar-refractivity contribution in [2.24, 2.45) is 0 Å². The van der Waals surface area contributed by atoms with Gasteiger partial charge in [0, 0.05) is 37.7 Å². The van der Waals surface area contributed by atoms with Crippen LogP contribution in [0.1, 0.15) is 42.6 Å². The number of alkyl halides is 2. The van der Waals surface area contributed by atoms with Gasteiger partial charge in [-0.25, -0.2) is 13.5 Å². The zero-order valence-electron chi connectivity index (χ0n) is 20.8. The fourth-order valence-electron chi connectivity index (χ4n) is 4.59. The molecule has 1 aliphatic carbocycles. The Morgan fingerprint density at radius 2 is 2.00 bits per heavy atom. The molecule has 3 aromatic rings. The molecule has 0 bridgehead atoms. The van der Waals surface area contributed by atoms with Crippen LogP contribution in [0.15, 0.2) is 36.4 Å². The molecule has 2 aromatic heterocycles. The number of nitrogens with one attached hydrogen (secondary N) is 2. The van der Waals surface area contributed by atoms with Crippen LogP contribution in [0.3, 0.4) is 0 Å². The number of carbonyl (C=O) groups is 2. The lowest BCUT2D eigenvalue weighted by atomic mass is 10.1. The number of ether oxygens (including phenoxy) is 1. The molecule has 1 aromatic carbocycles. The summed E-state index contributed by atoms with van der Waals surface area (Å²) in [6.07, 6.45) is -0.524. The number of ketones is 1. The molecule has 3 heterocycles. The second-order valence-electron chi connectivity index (χ2n) is 9.32. The Bertz CT molecular complexity index is 1280. The quantitative estimate of drug-likeness (QED) is 0.452. The molecule has 11 nitrogen and oxygen atoms in total. The summed E-state index contributed by atoms with van der Waals surface area (Å²) in [5.41, 5.74) is 1.80. The van der Waals surface area contributed by atoms with Crippen LogP contribution in [0.5, 0.6) is 5.88 Å². The average molecular weight is 527 g/mol. The Kier molecular flexibility index (Phi) is 7.54. The van der Waals surface area contributed by atoms with Gasteiger partial charge in [-0.3, -0.25) is 9.59 Å². The van der Waals surface area contributed by atoms with Gasteiger partial charge in [-0.1, -0.05) is 17.3 Å². The Labute approximate surface area is 217 Å². The average Bonchev–Trinajstić information content (AvgIpc) is 3.52. The molecular formula is C25H28F2N8O3. The summed E-state index contributed by atoms with van der Waals surface area (Å²) in [5, 5.41) is 22.7. The van der Waals surface area contributed by atoms with Gasteiger partial charge in [0.15, 0.2) is 11.6 Å². The third-order valence-corrected chi connectivity index (χ3v) is 6.77. The Morgan fingerprint density at radius 3 is 2.68 bits per heavy atom. The van der Waals surface area contributed by atoms with E-state index in [1.807, 2.05) is 4.90 Å². The molecule has 200 valence electrons. The van der Waals surface area contributed by atoms with Crippen molar-refractivity contribution in [2.75, 3.05) is 24.5 Å². The van der Waals surface area contributed by atoms with Gasteiger partial charge in [0.1, 0.15) is 18.3 Å². The molecule has 38 heavy (non-hydrogen) atoms. The monoisotopic (exact) mass is 526 g/mol. The molecule has 1 saturated heterocycles. The van der Waals surface area contributed by atoms with E-state index in [1.165, 1.54) is 16.8 Å². The highest BCUT2D eigenvalue weighted by atomic mass is 19.3. The molecule has 2 fully saturated rings. The fraction of sp³-hybridized carbons (Fsp3) is 0.440. The number of anilines is 1. The number of aryl methyl sites for hydroxylation is 1. The number of rotatable bonds is 8. The number of piperazine rings is 1. The van der Waals surface area contributed by atoms with Crippen LogP contribution in [-0.2, 0) is 16.2 Å². The number of nitrogens with zero attached hydrogens (tertiary/aromatic N) is 6. The van der Waals surface area contributed by atoms with Crippen LogP contribution >= 0.6 is 0 Å². The first-order valence-electron chi connectivity index (χ1n) is 12.5. The molecule has 2 atom stereocenters. The summed E-state index contributed by atoms with van der Waals surface area (Å²) >= 11 is 0. The number of aromatic nitrogens is 5. The second-order valence-corrected chi connectivity index (χ2v) is 9.32. The van der Waals surface area contributed by atoms with Crippen LogP contribution in [0, 0.1) is 6.92 Å². The smallest absolute Gasteiger partial charge is 0.263 e. The van der Waals surface area contributed by atoms with Crippen LogP contribution in [-0.4, -0.2) is 68.6 Å². The van der Waals surface area contributed by atoms with Crippen molar-refractivity contribution in [2.45, 2.75) is 51.3 Å². The number of amides is 1. The lowest BCUT2D eigenvalue weighted by Crippen LogP contribution is -2.59. The zero-order chi connectivity index (χ0) is 26.6. The van der Waals surface area contributed by atoms with E-state index in [1.54, 1.807) is 31.2 Å². The van der Waals surface area contributed by atoms with E-state index >= 15 is 0 Å². The Hall–Kier alpha value is -4.00. The minimum absolute atomic E-state index is 0.0703. The van der Waals surface area contributed by atoms with Crippen molar-refractivity contribution in [3.8, 4) is 11.6 Å². The first-order chi connectivity index (χ1) is 18.4. The minimum atomic E-state index is -2.54. The van der Waals surface area contributed by atoms with E-state index in [-0.39, 0.29) is 35.8 Å². The van der Waals surface area contributed by atoms with Crippen molar-refractivity contribution in [3.05, 3.63) is 53.3 Å². The number of halogens is 2. The molecule has 2 N–H and O–H groups in total. The third-order valence-electron chi connectivity index (χ3n) is 6.77. The first-order valence-corrected chi connectivity index (χ1v) is 12.5. The maximum Gasteiger partial charge on any atom is 0.263 e. The highest BCUT2D eigenvalue weighted by Gasteiger charge is 2.31. The van der Waals surface area contributed by atoms with Gasteiger partial charge < -0.3 is 20.3 Å². The molecular weight excluding hydrogens is 498 g/mol. The normalized spacial score (nSPS) is 19.7. The van der Waals surface area contributed by atoms with Crippen molar-refractivity contribution >= 4 is 17.5 Å². The number of carbonyl (C=O) groups excluding carboxylic acids is 2. The molecule has 1 saturated carbocycles. The summed E-state index contributed by atoms with van der Waals surface area (Å²) in [7, 11) is 0. The zero-order valence-corrected chi connectivity index (χ0v) is 20.8. The van der Waals surface area contributed by atoms with E-state index in [0.717, 1.165) is 6.42 Å². The fourth-order valence-corrected chi connectivity index (χ4v) is 4.59. The summed E-state index contributed by atoms with van der Waals surface area (Å²) in [6.45, 7) is 3.51. The number of Topliss-reactive ketones (excluding diaryl/α,β-unsaturated/α-hetero) is 1. The highest BCUT2D eigenvalue weighted by Crippen LogP contribution is 2.22. The van der Waals surface area contributed by atoms with Crippen LogP contribution in [0.2, 0.25) is 0 Å². The van der Waals surface area contributed by atoms with Gasteiger partial charge in [-0.2, -0.15) is 0 Å². The van der Waals surface area contributed by atoms with Gasteiger partial charge >= 0.3 is 0 Å². The van der Waals surface area contributed by atoms with E-state index in [4.69, 9.17) is 4.74 Å². The number of hydrogen-bond donors (Lipinski definition) is 2. The predicted molar refractivity (Wildman–Crippen MR) is 132 cm³/mol. The van der Waals surface area contributed by atoms with Crippen molar-refractivity contribution < 1.29 is 23.1 Å². The summed E-state index contributed by atoms with van der Waals surface area (Å²) in [6, 6.07) is 8.44. The van der Waals surface area contributed by atoms with Crippen molar-refractivity contribution in [1.82, 2.24) is 35.8 Å². The lowest BCUT2D eigenvalue weighted by molar-refractivity contribution is -0.127. The summed E-state index contributed by atoms with van der Waals surface area (Å²) in [5.74, 6) is 0.798. The van der Waals surface area contributed by atoms with E-state index < -0.39 is 12.5 Å². The van der Waals surface area contributed by atoms with E-state index in [0.29, 0.717) is 55.4 Å². The van der Waals surface area contributed by atoms with Crippen molar-refractivity contribution in [3.63, 3.8) is 0 Å². The molecule has 2 aliphatic rings. The van der Waals surface area contributed by atoms with E-state index in [9.17, 15) is 18.4 Å². The largest absolute Gasteiger partial charge is 0.470 e. The minimum Gasteiger partial charge on any atom is -0.470 e. The molecule has 0 radical (unpaired) electrons. The summed E-state index contributed by atoms with van der Waals surface area (Å²) < 4.78 is 33.1. The molecule has 0 spiro atoms. The molecule has 5 rings (SSSR count). The van der Waals surface area contributed by atoms with Gasteiger partial charge in [-0.05, 0) is 38.0 Å². The van der Waals surface area contributed by atoms with E-state index in [2.05, 4.69) is 31.1 Å². The Morgan fingerprint density at radius 1 is 1.18 bits per heavy atom. The van der Waals surface area contributed by atoms with Crippen molar-refractivity contribution in [1.29, 1.82) is 0 Å². The SMILES string of the molecule is Cc1nnn(-c2ccc(C(F)F)cc2)c1COc1ccc(N2CCNC(C(=O)N[C@H]3CCCC3=O)C2)nn1. The molecule has 13 heteroatoms. The van der Waals surface area contributed by atoms with Crippen LogP contribution < -0.4 is 20.3 Å². The maximum absolute atomic E-state index is 12.9. The molecule has 1 unspecified atom stereocenters. The number of hydrogen-bond acceptors (Lipinski definition) is 9. The van der Waals surface area contributed by atoms with Gasteiger partial charge in [0.25, 0.3) is 6.43 Å². The maximum atomic E-state index is 12.9. The van der Waals surface area contributed by atoms with Crippen LogP contribution in [0.4, 0.5) is 14.6 Å². The van der Waals surface area contributed by atoms with Gasteiger partial charge in [0.05, 0.1) is 17.4 Å². The molecule has 1 amide bonds.